The first-order valence-electron chi connectivity index (χ1n) is 9.81. The van der Waals surface area contributed by atoms with Gasteiger partial charge in [0, 0.05) is 23.0 Å². The molecule has 3 aliphatic rings. The fraction of sp³-hybridized carbons (Fsp3) is 0.409. The largest absolute Gasteiger partial charge is 0.442 e. The SMILES string of the molecule is CC[C@@]12C=C(c3cnco3)n3c4c(c5ccccc53)CCN(CCC1)C42. The molecule has 3 aliphatic heterocycles. The third-order valence-electron chi connectivity index (χ3n) is 6.93. The molecule has 0 bridgehead atoms. The van der Waals surface area contributed by atoms with Crippen LogP contribution in [0, 0.1) is 5.41 Å². The minimum absolute atomic E-state index is 0.194. The Morgan fingerprint density at radius 3 is 3.04 bits per heavy atom. The van der Waals surface area contributed by atoms with Crippen LogP contribution in [0.5, 0.6) is 0 Å². The number of aromatic nitrogens is 2. The quantitative estimate of drug-likeness (QED) is 0.679. The van der Waals surface area contributed by atoms with Gasteiger partial charge >= 0.3 is 0 Å². The Hall–Kier alpha value is -2.33. The summed E-state index contributed by atoms with van der Waals surface area (Å²) in [4.78, 5) is 6.94. The van der Waals surface area contributed by atoms with E-state index in [-0.39, 0.29) is 5.41 Å². The molecule has 1 unspecified atom stereocenters. The van der Waals surface area contributed by atoms with Gasteiger partial charge in [0.2, 0.25) is 0 Å². The molecule has 26 heavy (non-hydrogen) atoms. The molecular weight excluding hydrogens is 322 g/mol. The van der Waals surface area contributed by atoms with Gasteiger partial charge in [-0.25, -0.2) is 4.98 Å². The summed E-state index contributed by atoms with van der Waals surface area (Å²) in [5.41, 5.74) is 5.73. The molecule has 1 aromatic carbocycles. The normalized spacial score (nSPS) is 27.4. The minimum Gasteiger partial charge on any atom is -0.442 e. The Balaban J connectivity index is 1.75. The molecule has 0 amide bonds. The molecular formula is C22H23N3O. The lowest BCUT2D eigenvalue weighted by atomic mass is 9.66. The van der Waals surface area contributed by atoms with E-state index in [1.807, 2.05) is 6.20 Å². The predicted molar refractivity (Wildman–Crippen MR) is 102 cm³/mol. The van der Waals surface area contributed by atoms with Gasteiger partial charge < -0.3 is 8.98 Å². The van der Waals surface area contributed by atoms with Gasteiger partial charge in [-0.15, -0.1) is 0 Å². The summed E-state index contributed by atoms with van der Waals surface area (Å²) < 4.78 is 8.26. The fourth-order valence-corrected chi connectivity index (χ4v) is 5.80. The average molecular weight is 345 g/mol. The highest BCUT2D eigenvalue weighted by molar-refractivity contribution is 5.91. The van der Waals surface area contributed by atoms with Crippen molar-refractivity contribution in [1.82, 2.24) is 14.5 Å². The fourth-order valence-electron chi connectivity index (χ4n) is 5.80. The van der Waals surface area contributed by atoms with E-state index in [2.05, 4.69) is 51.7 Å². The maximum absolute atomic E-state index is 5.79. The number of hydrogen-bond donors (Lipinski definition) is 0. The van der Waals surface area contributed by atoms with Gasteiger partial charge in [0.05, 0.1) is 23.5 Å². The lowest BCUT2D eigenvalue weighted by molar-refractivity contribution is 0.0270. The summed E-state index contributed by atoms with van der Waals surface area (Å²) in [7, 11) is 0. The number of oxazole rings is 1. The van der Waals surface area contributed by atoms with Crippen molar-refractivity contribution >= 4 is 16.6 Å². The zero-order chi connectivity index (χ0) is 17.3. The van der Waals surface area contributed by atoms with E-state index in [4.69, 9.17) is 4.42 Å². The molecule has 0 aliphatic carbocycles. The average Bonchev–Trinajstić information content (AvgIpc) is 3.33. The molecule has 0 spiro atoms. The van der Waals surface area contributed by atoms with Crippen LogP contribution >= 0.6 is 0 Å². The van der Waals surface area contributed by atoms with E-state index < -0.39 is 0 Å². The van der Waals surface area contributed by atoms with Crippen LogP contribution < -0.4 is 0 Å². The van der Waals surface area contributed by atoms with E-state index >= 15 is 0 Å². The molecule has 132 valence electrons. The first-order valence-corrected chi connectivity index (χ1v) is 9.81. The van der Waals surface area contributed by atoms with Crippen LogP contribution in [0.3, 0.4) is 0 Å². The Labute approximate surface area is 153 Å². The molecule has 0 N–H and O–H groups in total. The van der Waals surface area contributed by atoms with Crippen molar-refractivity contribution in [1.29, 1.82) is 0 Å². The van der Waals surface area contributed by atoms with E-state index in [1.54, 1.807) is 12.0 Å². The molecule has 2 atom stereocenters. The third-order valence-corrected chi connectivity index (χ3v) is 6.93. The van der Waals surface area contributed by atoms with Crippen molar-refractivity contribution in [2.45, 2.75) is 38.6 Å². The van der Waals surface area contributed by atoms with Gasteiger partial charge in [0.25, 0.3) is 0 Å². The van der Waals surface area contributed by atoms with Crippen LogP contribution in [-0.4, -0.2) is 27.5 Å². The van der Waals surface area contributed by atoms with Crippen LogP contribution in [0.25, 0.3) is 16.6 Å². The summed E-state index contributed by atoms with van der Waals surface area (Å²) >= 11 is 0. The van der Waals surface area contributed by atoms with Crippen molar-refractivity contribution in [2.75, 3.05) is 13.1 Å². The van der Waals surface area contributed by atoms with E-state index in [9.17, 15) is 0 Å². The number of benzene rings is 1. The Morgan fingerprint density at radius 1 is 1.27 bits per heavy atom. The summed E-state index contributed by atoms with van der Waals surface area (Å²) in [6, 6.07) is 9.35. The molecule has 2 aromatic heterocycles. The number of hydrogen-bond acceptors (Lipinski definition) is 3. The van der Waals surface area contributed by atoms with Crippen LogP contribution in [-0.2, 0) is 6.42 Å². The molecule has 0 saturated carbocycles. The zero-order valence-corrected chi connectivity index (χ0v) is 15.1. The van der Waals surface area contributed by atoms with Gasteiger partial charge in [-0.2, -0.15) is 0 Å². The highest BCUT2D eigenvalue weighted by Crippen LogP contribution is 2.57. The molecule has 4 heteroatoms. The molecule has 3 aromatic rings. The maximum Gasteiger partial charge on any atom is 0.181 e. The van der Waals surface area contributed by atoms with Gasteiger partial charge in [-0.1, -0.05) is 25.1 Å². The number of nitrogens with zero attached hydrogens (tertiary/aromatic N) is 3. The van der Waals surface area contributed by atoms with Crippen LogP contribution in [0.2, 0.25) is 0 Å². The van der Waals surface area contributed by atoms with E-state index in [0.29, 0.717) is 6.04 Å². The molecule has 1 saturated heterocycles. The van der Waals surface area contributed by atoms with E-state index in [0.717, 1.165) is 18.6 Å². The number of rotatable bonds is 2. The predicted octanol–water partition coefficient (Wildman–Crippen LogP) is 4.62. The zero-order valence-electron chi connectivity index (χ0n) is 15.1. The topological polar surface area (TPSA) is 34.2 Å². The monoisotopic (exact) mass is 345 g/mol. The molecule has 6 rings (SSSR count). The van der Waals surface area contributed by atoms with Crippen LogP contribution in [0.1, 0.15) is 49.2 Å². The van der Waals surface area contributed by atoms with Crippen LogP contribution in [0.4, 0.5) is 0 Å². The first-order chi connectivity index (χ1) is 12.8. The minimum atomic E-state index is 0.194. The second kappa shape index (κ2) is 5.10. The smallest absolute Gasteiger partial charge is 0.181 e. The van der Waals surface area contributed by atoms with Gasteiger partial charge in [-0.05, 0) is 49.9 Å². The lowest BCUT2D eigenvalue weighted by Gasteiger charge is -2.53. The molecule has 1 fully saturated rings. The van der Waals surface area contributed by atoms with Gasteiger partial charge in [0.1, 0.15) is 0 Å². The first kappa shape index (κ1) is 14.8. The van der Waals surface area contributed by atoms with Crippen LogP contribution in [0.15, 0.2) is 47.3 Å². The second-order valence-corrected chi connectivity index (χ2v) is 7.99. The highest BCUT2D eigenvalue weighted by Gasteiger charge is 2.50. The van der Waals surface area contributed by atoms with Crippen molar-refractivity contribution < 1.29 is 4.42 Å². The number of fused-ring (bicyclic) bond motifs is 3. The van der Waals surface area contributed by atoms with E-state index in [1.165, 1.54) is 48.2 Å². The second-order valence-electron chi connectivity index (χ2n) is 7.99. The van der Waals surface area contributed by atoms with Crippen molar-refractivity contribution in [3.05, 3.63) is 59.9 Å². The maximum atomic E-state index is 5.79. The third kappa shape index (κ3) is 1.71. The Bertz CT molecular complexity index is 1030. The summed E-state index contributed by atoms with van der Waals surface area (Å²) in [5.74, 6) is 0.877. The molecule has 5 heterocycles. The van der Waals surface area contributed by atoms with Gasteiger partial charge in [-0.3, -0.25) is 4.90 Å². The van der Waals surface area contributed by atoms with Gasteiger partial charge in [0.15, 0.2) is 12.2 Å². The highest BCUT2D eigenvalue weighted by atomic mass is 16.3. The standard InChI is InChI=1S/C22H23N3O/c1-2-22-9-5-10-24-11-8-16-15-6-3-4-7-17(15)25(20(16)21(22)24)18(12-22)19-13-23-14-26-19/h3-4,6-7,12-14,21H,2,5,8-11H2,1H3/t21?,22-/m0/s1. The Kier molecular flexibility index (Phi) is 2.91. The van der Waals surface area contributed by atoms with Crippen molar-refractivity contribution in [3.8, 4) is 0 Å². The summed E-state index contributed by atoms with van der Waals surface area (Å²) in [5, 5.41) is 1.41. The lowest BCUT2D eigenvalue weighted by Crippen LogP contribution is -2.50. The molecule has 4 nitrogen and oxygen atoms in total. The molecule has 0 radical (unpaired) electrons. The number of piperidine rings is 1. The summed E-state index contributed by atoms with van der Waals surface area (Å²) in [6.45, 7) is 4.75. The van der Waals surface area contributed by atoms with Crippen molar-refractivity contribution in [3.63, 3.8) is 0 Å². The summed E-state index contributed by atoms with van der Waals surface area (Å²) in [6.07, 6.45) is 10.8. The van der Waals surface area contributed by atoms with Crippen molar-refractivity contribution in [2.24, 2.45) is 5.41 Å². The Morgan fingerprint density at radius 2 is 2.19 bits per heavy atom. The number of para-hydroxylation sites is 1.